The Labute approximate surface area is 124 Å². The van der Waals surface area contributed by atoms with Crippen LogP contribution in [-0.4, -0.2) is 22.8 Å². The van der Waals surface area contributed by atoms with Crippen molar-refractivity contribution in [2.24, 2.45) is 0 Å². The first-order chi connectivity index (χ1) is 9.65. The minimum Gasteiger partial charge on any atom is -0.350 e. The van der Waals surface area contributed by atoms with Gasteiger partial charge in [-0.3, -0.25) is 9.59 Å². The minimum absolute atomic E-state index is 0.0212. The molecule has 0 radical (unpaired) electrons. The zero-order valence-electron chi connectivity index (χ0n) is 10.7. The van der Waals surface area contributed by atoms with Gasteiger partial charge in [0.15, 0.2) is 5.78 Å². The monoisotopic (exact) mass is 332 g/mol. The molecule has 3 rings (SSSR count). The van der Waals surface area contributed by atoms with Gasteiger partial charge in [-0.1, -0.05) is 28.1 Å². The molecule has 0 saturated heterocycles. The highest BCUT2D eigenvalue weighted by Crippen LogP contribution is 2.18. The molecule has 0 unspecified atom stereocenters. The number of Topliss-reactive ketones (excluding diaryl/α,β-unsaturated/α-hetero) is 1. The third-order valence-corrected chi connectivity index (χ3v) is 3.91. The smallest absolute Gasteiger partial charge is 0.268 e. The van der Waals surface area contributed by atoms with Crippen LogP contribution in [0, 0.1) is 0 Å². The highest BCUT2D eigenvalue weighted by molar-refractivity contribution is 9.10. The fourth-order valence-electron chi connectivity index (χ4n) is 2.38. The van der Waals surface area contributed by atoms with Crippen LogP contribution in [0.2, 0.25) is 0 Å². The molecule has 0 saturated carbocycles. The summed E-state index contributed by atoms with van der Waals surface area (Å²) < 4.78 is 2.84. The molecule has 1 aliphatic rings. The lowest BCUT2D eigenvalue weighted by Gasteiger charge is -2.09. The van der Waals surface area contributed by atoms with E-state index in [1.807, 2.05) is 28.8 Å². The second kappa shape index (κ2) is 5.25. The predicted octanol–water partition coefficient (Wildman–Crippen LogP) is 2.62. The van der Waals surface area contributed by atoms with Crippen LogP contribution in [0.4, 0.5) is 0 Å². The van der Waals surface area contributed by atoms with Crippen LogP contribution in [0.1, 0.15) is 32.8 Å². The molecule has 4 nitrogen and oxygen atoms in total. The maximum atomic E-state index is 12.1. The van der Waals surface area contributed by atoms with Crippen molar-refractivity contribution in [1.29, 1.82) is 0 Å². The molecule has 1 aromatic heterocycles. The number of benzene rings is 1. The molecule has 1 aromatic carbocycles. The van der Waals surface area contributed by atoms with Gasteiger partial charge in [0.1, 0.15) is 5.69 Å². The molecule has 0 bridgehead atoms. The summed E-state index contributed by atoms with van der Waals surface area (Å²) >= 11 is 3.40. The molecular weight excluding hydrogens is 320 g/mol. The molecule has 2 aromatic rings. The SMILES string of the molecule is O=C1CCNC(=O)c2c1ccn2Cc1ccc(Br)cc1. The number of carbonyl (C=O) groups is 2. The molecule has 0 fully saturated rings. The average Bonchev–Trinajstić information content (AvgIpc) is 2.78. The number of ketones is 1. The largest absolute Gasteiger partial charge is 0.350 e. The molecule has 0 spiro atoms. The van der Waals surface area contributed by atoms with E-state index in [0.29, 0.717) is 30.8 Å². The van der Waals surface area contributed by atoms with Crippen molar-refractivity contribution in [1.82, 2.24) is 9.88 Å². The lowest BCUT2D eigenvalue weighted by atomic mass is 10.1. The Balaban J connectivity index is 1.97. The number of hydrogen-bond acceptors (Lipinski definition) is 2. The summed E-state index contributed by atoms with van der Waals surface area (Å²) in [6, 6.07) is 9.65. The first kappa shape index (κ1) is 13.1. The number of hydrogen-bond donors (Lipinski definition) is 1. The van der Waals surface area contributed by atoms with Crippen LogP contribution in [-0.2, 0) is 6.54 Å². The zero-order valence-corrected chi connectivity index (χ0v) is 12.3. The van der Waals surface area contributed by atoms with Gasteiger partial charge in [0.2, 0.25) is 0 Å². The number of nitrogens with zero attached hydrogens (tertiary/aromatic N) is 1. The van der Waals surface area contributed by atoms with Crippen LogP contribution < -0.4 is 5.32 Å². The summed E-state index contributed by atoms with van der Waals surface area (Å²) in [6.07, 6.45) is 2.16. The van der Waals surface area contributed by atoms with Crippen LogP contribution in [0.5, 0.6) is 0 Å². The first-order valence-corrected chi connectivity index (χ1v) is 7.19. The van der Waals surface area contributed by atoms with Crippen molar-refractivity contribution in [3.05, 3.63) is 57.8 Å². The Morgan fingerprint density at radius 3 is 2.65 bits per heavy atom. The van der Waals surface area contributed by atoms with E-state index in [9.17, 15) is 9.59 Å². The summed E-state index contributed by atoms with van der Waals surface area (Å²) in [5.74, 6) is -0.152. The summed E-state index contributed by atoms with van der Waals surface area (Å²) in [5, 5.41) is 2.76. The van der Waals surface area contributed by atoms with Crippen molar-refractivity contribution in [3.8, 4) is 0 Å². The second-order valence-corrected chi connectivity index (χ2v) is 5.68. The number of aromatic nitrogens is 1. The Kier molecular flexibility index (Phi) is 3.44. The van der Waals surface area contributed by atoms with E-state index >= 15 is 0 Å². The summed E-state index contributed by atoms with van der Waals surface area (Å²) in [7, 11) is 0. The number of nitrogens with one attached hydrogen (secondary N) is 1. The normalized spacial score (nSPS) is 14.7. The molecule has 20 heavy (non-hydrogen) atoms. The fourth-order valence-corrected chi connectivity index (χ4v) is 2.64. The molecule has 0 aliphatic carbocycles. The first-order valence-electron chi connectivity index (χ1n) is 6.40. The minimum atomic E-state index is -0.173. The maximum absolute atomic E-state index is 12.1. The van der Waals surface area contributed by atoms with Gasteiger partial charge < -0.3 is 9.88 Å². The number of carbonyl (C=O) groups excluding carboxylic acids is 2. The van der Waals surface area contributed by atoms with Crippen LogP contribution in [0.15, 0.2) is 41.0 Å². The summed E-state index contributed by atoms with van der Waals surface area (Å²) in [5.41, 5.74) is 2.07. The van der Waals surface area contributed by atoms with E-state index in [4.69, 9.17) is 0 Å². The highest BCUT2D eigenvalue weighted by atomic mass is 79.9. The van der Waals surface area contributed by atoms with Crippen molar-refractivity contribution in [2.75, 3.05) is 6.54 Å². The standard InChI is InChI=1S/C15H13BrN2O2/c16-11-3-1-10(2-4-11)9-18-8-6-12-13(19)5-7-17-15(20)14(12)18/h1-4,6,8H,5,7,9H2,(H,17,20). The Morgan fingerprint density at radius 2 is 1.90 bits per heavy atom. The molecule has 1 aliphatic heterocycles. The van der Waals surface area contributed by atoms with Crippen molar-refractivity contribution < 1.29 is 9.59 Å². The third kappa shape index (κ3) is 2.41. The van der Waals surface area contributed by atoms with Crippen LogP contribution in [0.3, 0.4) is 0 Å². The van der Waals surface area contributed by atoms with E-state index in [-0.39, 0.29) is 11.7 Å². The van der Waals surface area contributed by atoms with Gasteiger partial charge in [0.25, 0.3) is 5.91 Å². The second-order valence-electron chi connectivity index (χ2n) is 4.76. The lowest BCUT2D eigenvalue weighted by molar-refractivity contribution is 0.0947. The number of fused-ring (bicyclic) bond motifs is 1. The highest BCUT2D eigenvalue weighted by Gasteiger charge is 2.24. The molecule has 2 heterocycles. The zero-order chi connectivity index (χ0) is 14.1. The number of rotatable bonds is 2. The quantitative estimate of drug-likeness (QED) is 0.919. The molecule has 1 amide bonds. The Hall–Kier alpha value is -1.88. The topological polar surface area (TPSA) is 51.1 Å². The number of amides is 1. The molecule has 102 valence electrons. The maximum Gasteiger partial charge on any atom is 0.268 e. The molecule has 5 heteroatoms. The lowest BCUT2D eigenvalue weighted by Crippen LogP contribution is -2.25. The van der Waals surface area contributed by atoms with E-state index in [0.717, 1.165) is 10.0 Å². The predicted molar refractivity (Wildman–Crippen MR) is 79.0 cm³/mol. The van der Waals surface area contributed by atoms with E-state index in [2.05, 4.69) is 21.2 Å². The third-order valence-electron chi connectivity index (χ3n) is 3.38. The number of halogens is 1. The van der Waals surface area contributed by atoms with Crippen molar-refractivity contribution >= 4 is 27.6 Å². The molecule has 1 N–H and O–H groups in total. The van der Waals surface area contributed by atoms with Gasteiger partial charge in [-0.25, -0.2) is 0 Å². The average molecular weight is 333 g/mol. The summed E-state index contributed by atoms with van der Waals surface area (Å²) in [4.78, 5) is 24.0. The van der Waals surface area contributed by atoms with Gasteiger partial charge in [0, 0.05) is 35.7 Å². The van der Waals surface area contributed by atoms with Gasteiger partial charge in [-0.05, 0) is 23.8 Å². The Morgan fingerprint density at radius 1 is 1.15 bits per heavy atom. The molecular formula is C15H13BrN2O2. The van der Waals surface area contributed by atoms with Crippen molar-refractivity contribution in [3.63, 3.8) is 0 Å². The van der Waals surface area contributed by atoms with Crippen LogP contribution >= 0.6 is 15.9 Å². The van der Waals surface area contributed by atoms with E-state index < -0.39 is 0 Å². The van der Waals surface area contributed by atoms with Gasteiger partial charge in [0.05, 0.1) is 0 Å². The van der Waals surface area contributed by atoms with Gasteiger partial charge >= 0.3 is 0 Å². The van der Waals surface area contributed by atoms with Crippen LogP contribution in [0.25, 0.3) is 0 Å². The van der Waals surface area contributed by atoms with Gasteiger partial charge in [-0.15, -0.1) is 0 Å². The van der Waals surface area contributed by atoms with Gasteiger partial charge in [-0.2, -0.15) is 0 Å². The fraction of sp³-hybridized carbons (Fsp3) is 0.200. The van der Waals surface area contributed by atoms with Crippen molar-refractivity contribution in [2.45, 2.75) is 13.0 Å². The molecule has 0 atom stereocenters. The Bertz CT molecular complexity index is 674. The van der Waals surface area contributed by atoms with E-state index in [1.54, 1.807) is 12.3 Å². The van der Waals surface area contributed by atoms with E-state index in [1.165, 1.54) is 0 Å². The summed E-state index contributed by atoms with van der Waals surface area (Å²) in [6.45, 7) is 0.980.